The lowest BCUT2D eigenvalue weighted by Crippen LogP contribution is -2.65. The van der Waals surface area contributed by atoms with E-state index < -0.39 is 6.10 Å². The van der Waals surface area contributed by atoms with Crippen LogP contribution in [0, 0.1) is 0 Å². The molecule has 0 saturated carbocycles. The highest BCUT2D eigenvalue weighted by molar-refractivity contribution is 5.08. The van der Waals surface area contributed by atoms with Crippen molar-refractivity contribution in [1.82, 2.24) is 10.2 Å². The van der Waals surface area contributed by atoms with E-state index in [9.17, 15) is 5.11 Å². The fraction of sp³-hybridized carbons (Fsp3) is 0.750. The molecule has 0 spiro atoms. The molecule has 5 atom stereocenters. The summed E-state index contributed by atoms with van der Waals surface area (Å²) in [5.74, 6) is 1.25. The first-order valence-corrected chi connectivity index (χ1v) is 8.45. The van der Waals surface area contributed by atoms with E-state index in [1.165, 1.54) is 0 Å². The Balaban J connectivity index is 1.43. The minimum Gasteiger partial charge on any atom is -0.462 e. The molecule has 4 heterocycles. The molecular weight excluding hydrogens is 316 g/mol. The van der Waals surface area contributed by atoms with Gasteiger partial charge in [0.1, 0.15) is 24.2 Å². The Morgan fingerprint density at radius 3 is 2.75 bits per heavy atom. The minimum absolute atomic E-state index is 0.119. The fourth-order valence-corrected chi connectivity index (χ4v) is 3.74. The van der Waals surface area contributed by atoms with Crippen molar-refractivity contribution in [1.29, 1.82) is 0 Å². The molecule has 2 bridgehead atoms. The van der Waals surface area contributed by atoms with E-state index in [0.717, 1.165) is 18.8 Å². The Morgan fingerprint density at radius 1 is 1.21 bits per heavy atom. The van der Waals surface area contributed by atoms with E-state index in [2.05, 4.69) is 10.2 Å². The number of morpholine rings is 1. The van der Waals surface area contributed by atoms with Gasteiger partial charge in [0, 0.05) is 13.1 Å². The molecule has 0 unspecified atom stereocenters. The number of fused-ring (bicyclic) bond motifs is 2. The predicted molar refractivity (Wildman–Crippen MR) is 82.1 cm³/mol. The Morgan fingerprint density at radius 2 is 2.00 bits per heavy atom. The Kier molecular flexibility index (Phi) is 4.86. The van der Waals surface area contributed by atoms with E-state index in [1.54, 1.807) is 6.07 Å². The van der Waals surface area contributed by atoms with Gasteiger partial charge in [-0.3, -0.25) is 4.90 Å². The highest BCUT2D eigenvalue weighted by Gasteiger charge is 2.52. The average molecular weight is 340 g/mol. The summed E-state index contributed by atoms with van der Waals surface area (Å²) >= 11 is 0. The van der Waals surface area contributed by atoms with Crippen LogP contribution in [-0.4, -0.2) is 78.6 Å². The van der Waals surface area contributed by atoms with Crippen molar-refractivity contribution >= 4 is 0 Å². The van der Waals surface area contributed by atoms with Gasteiger partial charge in [0.05, 0.1) is 44.6 Å². The van der Waals surface area contributed by atoms with Crippen LogP contribution in [0.5, 0.6) is 0 Å². The van der Waals surface area contributed by atoms with E-state index in [-0.39, 0.29) is 31.1 Å². The van der Waals surface area contributed by atoms with E-state index >= 15 is 0 Å². The summed E-state index contributed by atoms with van der Waals surface area (Å²) in [6, 6.07) is 3.13. The van der Waals surface area contributed by atoms with Gasteiger partial charge in [-0.1, -0.05) is 0 Å². The molecule has 3 aliphatic rings. The van der Waals surface area contributed by atoms with Crippen LogP contribution < -0.4 is 5.32 Å². The zero-order valence-electron chi connectivity index (χ0n) is 13.5. The molecule has 3 aliphatic heterocycles. The summed E-state index contributed by atoms with van der Waals surface area (Å²) in [4.78, 5) is 2.19. The van der Waals surface area contributed by atoms with Crippen LogP contribution in [0.2, 0.25) is 0 Å². The summed E-state index contributed by atoms with van der Waals surface area (Å²) in [5.41, 5.74) is 0. The number of nitrogens with zero attached hydrogens (tertiary/aromatic N) is 1. The van der Waals surface area contributed by atoms with Crippen molar-refractivity contribution in [3.63, 3.8) is 0 Å². The monoisotopic (exact) mass is 340 g/mol. The molecule has 1 aromatic rings. The number of hydrogen-bond donors (Lipinski definition) is 3. The number of nitrogens with one attached hydrogen (secondary N) is 1. The summed E-state index contributed by atoms with van der Waals surface area (Å²) in [6.45, 7) is 3.66. The topological polar surface area (TPSA) is 96.6 Å². The second kappa shape index (κ2) is 7.09. The minimum atomic E-state index is -0.596. The summed E-state index contributed by atoms with van der Waals surface area (Å²) in [7, 11) is 0. The smallest absolute Gasteiger partial charge is 0.176 e. The van der Waals surface area contributed by atoms with E-state index in [4.69, 9.17) is 23.7 Å². The molecule has 3 fully saturated rings. The van der Waals surface area contributed by atoms with Crippen LogP contribution in [0.3, 0.4) is 0 Å². The standard InChI is InChI=1S/C16H24N2O6/c19-8-11-2-1-10(23-11)7-17-13-12-9-22-16(24-12)14(15(13)20)18-3-5-21-6-4-18/h1-2,12-17,19-20H,3-9H2/t12-,13-,14+,15-,16+/m0/s1. The van der Waals surface area contributed by atoms with Crippen molar-refractivity contribution in [2.45, 2.75) is 43.7 Å². The van der Waals surface area contributed by atoms with E-state index in [1.807, 2.05) is 6.07 Å². The zero-order chi connectivity index (χ0) is 16.5. The number of aliphatic hydroxyl groups excluding tert-OH is 2. The molecule has 0 radical (unpaired) electrons. The molecule has 3 N–H and O–H groups in total. The maximum absolute atomic E-state index is 10.9. The molecule has 8 heteroatoms. The second-order valence-electron chi connectivity index (χ2n) is 6.44. The molecule has 0 aromatic carbocycles. The number of ether oxygens (including phenoxy) is 3. The SMILES string of the molecule is OCc1ccc(CN[C@@H]2[C@H](O)[C@@H](N3CCOCC3)[C@@H]3OC[C@@H]2O3)o1. The molecule has 24 heavy (non-hydrogen) atoms. The highest BCUT2D eigenvalue weighted by atomic mass is 16.7. The number of furan rings is 1. The lowest BCUT2D eigenvalue weighted by molar-refractivity contribution is -0.191. The van der Waals surface area contributed by atoms with Gasteiger partial charge in [0.2, 0.25) is 0 Å². The predicted octanol–water partition coefficient (Wildman–Crippen LogP) is -0.953. The maximum atomic E-state index is 10.9. The first-order valence-electron chi connectivity index (χ1n) is 8.45. The van der Waals surface area contributed by atoms with Crippen molar-refractivity contribution < 1.29 is 28.8 Å². The van der Waals surface area contributed by atoms with Crippen LogP contribution in [0.15, 0.2) is 16.5 Å². The second-order valence-corrected chi connectivity index (χ2v) is 6.44. The molecule has 4 rings (SSSR count). The summed E-state index contributed by atoms with van der Waals surface area (Å²) < 4.78 is 22.6. The van der Waals surface area contributed by atoms with Crippen LogP contribution in [-0.2, 0) is 27.4 Å². The molecule has 134 valence electrons. The third kappa shape index (κ3) is 3.11. The fourth-order valence-electron chi connectivity index (χ4n) is 3.74. The van der Waals surface area contributed by atoms with Crippen LogP contribution in [0.4, 0.5) is 0 Å². The molecule has 3 saturated heterocycles. The summed E-state index contributed by atoms with van der Waals surface area (Å²) in [6.07, 6.45) is -1.15. The van der Waals surface area contributed by atoms with Gasteiger partial charge in [-0.05, 0) is 12.1 Å². The number of rotatable bonds is 5. The van der Waals surface area contributed by atoms with Crippen LogP contribution in [0.1, 0.15) is 11.5 Å². The van der Waals surface area contributed by atoms with Crippen molar-refractivity contribution in [3.05, 3.63) is 23.7 Å². The average Bonchev–Trinajstić information content (AvgIpc) is 3.24. The third-order valence-electron chi connectivity index (χ3n) is 4.98. The highest BCUT2D eigenvalue weighted by Crippen LogP contribution is 2.32. The zero-order valence-corrected chi connectivity index (χ0v) is 13.5. The van der Waals surface area contributed by atoms with Crippen molar-refractivity contribution in [2.75, 3.05) is 32.9 Å². The van der Waals surface area contributed by atoms with Crippen LogP contribution in [0.25, 0.3) is 0 Å². The first kappa shape index (κ1) is 16.5. The molecule has 8 nitrogen and oxygen atoms in total. The summed E-state index contributed by atoms with van der Waals surface area (Å²) in [5, 5.41) is 23.3. The van der Waals surface area contributed by atoms with Gasteiger partial charge in [-0.2, -0.15) is 0 Å². The normalized spacial score (nSPS) is 37.0. The third-order valence-corrected chi connectivity index (χ3v) is 4.98. The molecule has 0 aliphatic carbocycles. The van der Waals surface area contributed by atoms with Crippen molar-refractivity contribution in [2.24, 2.45) is 0 Å². The lowest BCUT2D eigenvalue weighted by Gasteiger charge is -2.45. The van der Waals surface area contributed by atoms with Gasteiger partial charge >= 0.3 is 0 Å². The maximum Gasteiger partial charge on any atom is 0.176 e. The lowest BCUT2D eigenvalue weighted by atomic mass is 9.94. The Labute approximate surface area is 140 Å². The van der Waals surface area contributed by atoms with Crippen molar-refractivity contribution in [3.8, 4) is 0 Å². The first-order chi connectivity index (χ1) is 11.8. The quantitative estimate of drug-likeness (QED) is 0.631. The van der Waals surface area contributed by atoms with Gasteiger partial charge in [-0.15, -0.1) is 0 Å². The van der Waals surface area contributed by atoms with Gasteiger partial charge in [0.25, 0.3) is 0 Å². The van der Waals surface area contributed by atoms with Gasteiger partial charge in [-0.25, -0.2) is 0 Å². The van der Waals surface area contributed by atoms with Gasteiger partial charge < -0.3 is 34.2 Å². The number of aliphatic hydroxyl groups is 2. The number of hydrogen-bond acceptors (Lipinski definition) is 8. The van der Waals surface area contributed by atoms with Gasteiger partial charge in [0.15, 0.2) is 6.29 Å². The Hall–Kier alpha value is -1.00. The van der Waals surface area contributed by atoms with E-state index in [0.29, 0.717) is 32.1 Å². The molecular formula is C16H24N2O6. The molecule has 1 aromatic heterocycles. The molecule has 0 amide bonds. The largest absolute Gasteiger partial charge is 0.462 e. The Bertz CT molecular complexity index is 546. The van der Waals surface area contributed by atoms with Crippen LogP contribution >= 0.6 is 0 Å².